The monoisotopic (exact) mass is 443 g/mol. The van der Waals surface area contributed by atoms with Crippen LogP contribution < -0.4 is 9.64 Å². The second kappa shape index (κ2) is 10.6. The number of hydrogen-bond acceptors (Lipinski definition) is 5. The summed E-state index contributed by atoms with van der Waals surface area (Å²) >= 11 is 7.38. The molecule has 3 aromatic rings. The van der Waals surface area contributed by atoms with Crippen LogP contribution in [0.3, 0.4) is 0 Å². The topological polar surface area (TPSA) is 45.7 Å². The first-order valence-corrected chi connectivity index (χ1v) is 11.1. The molecule has 0 atom stereocenters. The Kier molecular flexibility index (Phi) is 7.85. The van der Waals surface area contributed by atoms with Crippen LogP contribution >= 0.6 is 22.9 Å². The van der Waals surface area contributed by atoms with Gasteiger partial charge < -0.3 is 4.74 Å². The van der Waals surface area contributed by atoms with Gasteiger partial charge in [-0.1, -0.05) is 36.7 Å². The van der Waals surface area contributed by atoms with Crippen molar-refractivity contribution in [1.82, 2.24) is 9.88 Å². The number of rotatable bonds is 9. The maximum atomic E-state index is 12.4. The molecule has 0 unspecified atom stereocenters. The third-order valence-electron chi connectivity index (χ3n) is 4.65. The Hall–Kier alpha value is -2.41. The molecule has 0 spiro atoms. The maximum Gasteiger partial charge on any atom is 0.230 e. The smallest absolute Gasteiger partial charge is 0.230 e. The van der Waals surface area contributed by atoms with Crippen LogP contribution in [-0.2, 0) is 17.8 Å². The van der Waals surface area contributed by atoms with Gasteiger partial charge in [0.1, 0.15) is 12.4 Å². The number of aryl methyl sites for hydroxylation is 1. The van der Waals surface area contributed by atoms with Crippen LogP contribution in [0.1, 0.15) is 25.1 Å². The molecule has 1 heterocycles. The SMILES string of the molecule is CCc1ccccc1N(C(C)=O)c1nc(CN(C)CCOc2ccc(Cl)cc2)cs1. The average Bonchev–Trinajstić information content (AvgIpc) is 3.17. The number of nitrogens with zero attached hydrogens (tertiary/aromatic N) is 3. The van der Waals surface area contributed by atoms with E-state index in [1.54, 1.807) is 11.8 Å². The van der Waals surface area contributed by atoms with Crippen molar-refractivity contribution in [2.45, 2.75) is 26.8 Å². The Morgan fingerprint density at radius 2 is 1.90 bits per heavy atom. The molecule has 2 aromatic carbocycles. The van der Waals surface area contributed by atoms with E-state index in [0.29, 0.717) is 23.3 Å². The van der Waals surface area contributed by atoms with E-state index in [1.807, 2.05) is 61.0 Å². The molecular weight excluding hydrogens is 418 g/mol. The number of halogens is 1. The van der Waals surface area contributed by atoms with Crippen molar-refractivity contribution in [2.75, 3.05) is 25.1 Å². The second-order valence-electron chi connectivity index (χ2n) is 7.00. The summed E-state index contributed by atoms with van der Waals surface area (Å²) in [5.74, 6) is 0.761. The van der Waals surface area contributed by atoms with Gasteiger partial charge in [0.15, 0.2) is 5.13 Å². The lowest BCUT2D eigenvalue weighted by molar-refractivity contribution is -0.115. The molecular formula is C23H26ClN3O2S. The van der Waals surface area contributed by atoms with E-state index >= 15 is 0 Å². The predicted octanol–water partition coefficient (Wildman–Crippen LogP) is 5.55. The van der Waals surface area contributed by atoms with E-state index in [0.717, 1.165) is 35.7 Å². The van der Waals surface area contributed by atoms with Crippen molar-refractivity contribution in [3.8, 4) is 5.75 Å². The highest BCUT2D eigenvalue weighted by molar-refractivity contribution is 7.14. The van der Waals surface area contributed by atoms with Crippen molar-refractivity contribution in [2.24, 2.45) is 0 Å². The first-order chi connectivity index (χ1) is 14.5. The van der Waals surface area contributed by atoms with Gasteiger partial charge in [0.25, 0.3) is 0 Å². The fraction of sp³-hybridized carbons (Fsp3) is 0.304. The van der Waals surface area contributed by atoms with Crippen molar-refractivity contribution >= 4 is 39.7 Å². The van der Waals surface area contributed by atoms with Gasteiger partial charge in [-0.3, -0.25) is 14.6 Å². The van der Waals surface area contributed by atoms with Crippen LogP contribution in [0.15, 0.2) is 53.9 Å². The Morgan fingerprint density at radius 1 is 1.17 bits per heavy atom. The molecule has 0 saturated heterocycles. The van der Waals surface area contributed by atoms with Crippen molar-refractivity contribution in [3.63, 3.8) is 0 Å². The Labute approximate surface area is 186 Å². The fourth-order valence-corrected chi connectivity index (χ4v) is 4.11. The summed E-state index contributed by atoms with van der Waals surface area (Å²) in [5, 5.41) is 3.40. The minimum Gasteiger partial charge on any atom is -0.492 e. The molecule has 0 bridgehead atoms. The zero-order chi connectivity index (χ0) is 21.5. The van der Waals surface area contributed by atoms with E-state index in [-0.39, 0.29) is 5.91 Å². The second-order valence-corrected chi connectivity index (χ2v) is 8.27. The first-order valence-electron chi connectivity index (χ1n) is 9.88. The van der Waals surface area contributed by atoms with E-state index in [4.69, 9.17) is 21.3 Å². The van der Waals surface area contributed by atoms with Crippen LogP contribution in [0, 0.1) is 0 Å². The summed E-state index contributed by atoms with van der Waals surface area (Å²) in [6, 6.07) is 15.3. The lowest BCUT2D eigenvalue weighted by Gasteiger charge is -2.21. The van der Waals surface area contributed by atoms with Crippen molar-refractivity contribution < 1.29 is 9.53 Å². The zero-order valence-corrected chi connectivity index (χ0v) is 19.0. The number of amides is 1. The Morgan fingerprint density at radius 3 is 2.60 bits per heavy atom. The molecule has 0 fully saturated rings. The third-order valence-corrected chi connectivity index (χ3v) is 5.77. The number of thiazole rings is 1. The fourth-order valence-electron chi connectivity index (χ4n) is 3.11. The number of likely N-dealkylation sites (N-methyl/N-ethyl adjacent to an activating group) is 1. The normalized spacial score (nSPS) is 11.0. The summed E-state index contributed by atoms with van der Waals surface area (Å²) in [6.07, 6.45) is 0.856. The summed E-state index contributed by atoms with van der Waals surface area (Å²) < 4.78 is 5.76. The largest absolute Gasteiger partial charge is 0.492 e. The number of benzene rings is 2. The standard InChI is InChI=1S/C23H26ClN3O2S/c1-4-18-7-5-6-8-22(18)27(17(2)28)23-25-20(16-30-23)15-26(3)13-14-29-21-11-9-19(24)10-12-21/h5-12,16H,4,13-15H2,1-3H3. The number of carbonyl (C=O) groups is 1. The van der Waals surface area contributed by atoms with Gasteiger partial charge in [0, 0.05) is 30.4 Å². The number of anilines is 2. The summed E-state index contributed by atoms with van der Waals surface area (Å²) in [7, 11) is 2.03. The van der Waals surface area contributed by atoms with Crippen LogP contribution in [0.4, 0.5) is 10.8 Å². The molecule has 3 rings (SSSR count). The molecule has 7 heteroatoms. The molecule has 1 amide bonds. The van der Waals surface area contributed by atoms with Gasteiger partial charge in [-0.05, 0) is 49.4 Å². The molecule has 158 valence electrons. The quantitative estimate of drug-likeness (QED) is 0.434. The third kappa shape index (κ3) is 5.81. The Balaban J connectivity index is 1.61. The van der Waals surface area contributed by atoms with Crippen molar-refractivity contribution in [1.29, 1.82) is 0 Å². The van der Waals surface area contributed by atoms with Gasteiger partial charge in [0.05, 0.1) is 11.4 Å². The van der Waals surface area contributed by atoms with Gasteiger partial charge >= 0.3 is 0 Å². The molecule has 0 saturated carbocycles. The minimum atomic E-state index is -0.0403. The minimum absolute atomic E-state index is 0.0403. The highest BCUT2D eigenvalue weighted by Crippen LogP contribution is 2.32. The van der Waals surface area contributed by atoms with E-state index in [1.165, 1.54) is 11.3 Å². The molecule has 0 aliphatic carbocycles. The van der Waals surface area contributed by atoms with Crippen LogP contribution in [0.25, 0.3) is 0 Å². The van der Waals surface area contributed by atoms with Crippen LogP contribution in [0.5, 0.6) is 5.75 Å². The van der Waals surface area contributed by atoms with Gasteiger partial charge in [-0.25, -0.2) is 4.98 Å². The van der Waals surface area contributed by atoms with Crippen LogP contribution in [-0.4, -0.2) is 36.0 Å². The molecule has 0 N–H and O–H groups in total. The van der Waals surface area contributed by atoms with E-state index in [9.17, 15) is 4.79 Å². The molecule has 5 nitrogen and oxygen atoms in total. The van der Waals surface area contributed by atoms with E-state index < -0.39 is 0 Å². The maximum absolute atomic E-state index is 12.4. The van der Waals surface area contributed by atoms with Gasteiger partial charge in [-0.2, -0.15) is 0 Å². The summed E-state index contributed by atoms with van der Waals surface area (Å²) in [4.78, 5) is 21.0. The van der Waals surface area contributed by atoms with Crippen molar-refractivity contribution in [3.05, 3.63) is 70.2 Å². The Bertz CT molecular complexity index is 975. The molecule has 1 aromatic heterocycles. The number of carbonyl (C=O) groups excluding carboxylic acids is 1. The number of aromatic nitrogens is 1. The molecule has 0 radical (unpaired) electrons. The first kappa shape index (κ1) is 22.3. The lowest BCUT2D eigenvalue weighted by Crippen LogP contribution is -2.25. The number of ether oxygens (including phenoxy) is 1. The molecule has 0 aliphatic rings. The van der Waals surface area contributed by atoms with Crippen LogP contribution in [0.2, 0.25) is 5.02 Å². The van der Waals surface area contributed by atoms with E-state index in [2.05, 4.69) is 11.8 Å². The average molecular weight is 444 g/mol. The summed E-state index contributed by atoms with van der Waals surface area (Å²) in [6.45, 7) is 5.67. The lowest BCUT2D eigenvalue weighted by atomic mass is 10.1. The number of hydrogen-bond donors (Lipinski definition) is 0. The molecule has 30 heavy (non-hydrogen) atoms. The predicted molar refractivity (Wildman–Crippen MR) is 124 cm³/mol. The highest BCUT2D eigenvalue weighted by atomic mass is 35.5. The molecule has 0 aliphatic heterocycles. The number of para-hydroxylation sites is 1. The highest BCUT2D eigenvalue weighted by Gasteiger charge is 2.20. The van der Waals surface area contributed by atoms with Gasteiger partial charge in [0.2, 0.25) is 5.91 Å². The summed E-state index contributed by atoms with van der Waals surface area (Å²) in [5.41, 5.74) is 2.96. The van der Waals surface area contributed by atoms with Gasteiger partial charge in [-0.15, -0.1) is 11.3 Å². The zero-order valence-electron chi connectivity index (χ0n) is 17.5.